The molecule has 0 radical (unpaired) electrons. The number of carbonyl (C=O) groups excluding carboxylic acids is 1. The largest absolute Gasteiger partial charge is 0.458 e. The van der Waals surface area contributed by atoms with Crippen molar-refractivity contribution in [1.82, 2.24) is 0 Å². The molecule has 3 aliphatic carbocycles. The van der Waals surface area contributed by atoms with Crippen LogP contribution < -0.4 is 0 Å². The maximum atomic E-state index is 10.4. The van der Waals surface area contributed by atoms with E-state index < -0.39 is 22.7 Å². The van der Waals surface area contributed by atoms with Crippen LogP contribution in [0.5, 0.6) is 0 Å². The second-order valence-electron chi connectivity index (χ2n) is 13.9. The first-order chi connectivity index (χ1) is 17.1. The Labute approximate surface area is 233 Å². The molecule has 0 aliphatic heterocycles. The van der Waals surface area contributed by atoms with Gasteiger partial charge in [0.05, 0.1) is 24.4 Å². The Hall–Kier alpha value is -0.816. The molecule has 7 nitrogen and oxygen atoms in total. The summed E-state index contributed by atoms with van der Waals surface area (Å²) in [6.45, 7) is 23.8. The number of hydrogen-bond donors (Lipinski definition) is 3. The lowest BCUT2D eigenvalue weighted by Crippen LogP contribution is -2.43. The molecule has 0 saturated heterocycles. The average molecular weight is 573 g/mol. The molecule has 0 aromatic heterocycles. The van der Waals surface area contributed by atoms with E-state index in [4.69, 9.17) is 18.7 Å². The third-order valence-corrected chi connectivity index (χ3v) is 17.3. The summed E-state index contributed by atoms with van der Waals surface area (Å²) in [6.07, 6.45) is 10.5. The number of aliphatic hydroxyl groups excluding tert-OH is 3. The van der Waals surface area contributed by atoms with Crippen molar-refractivity contribution in [2.45, 2.75) is 153 Å². The molecule has 0 aromatic rings. The third-order valence-electron chi connectivity index (χ3n) is 8.24. The van der Waals surface area contributed by atoms with E-state index in [9.17, 15) is 15.0 Å². The van der Waals surface area contributed by atoms with Crippen molar-refractivity contribution in [3.63, 3.8) is 0 Å². The van der Waals surface area contributed by atoms with E-state index in [1.54, 1.807) is 12.2 Å². The Morgan fingerprint density at radius 1 is 0.711 bits per heavy atom. The lowest BCUT2D eigenvalue weighted by molar-refractivity contribution is -0.144. The molecule has 6 atom stereocenters. The number of hydrogen-bond acceptors (Lipinski definition) is 7. The summed E-state index contributed by atoms with van der Waals surface area (Å²) in [7, 11) is -3.27. The van der Waals surface area contributed by atoms with Crippen LogP contribution in [0.25, 0.3) is 0 Å². The van der Waals surface area contributed by atoms with E-state index in [0.717, 1.165) is 25.7 Å². The fourth-order valence-electron chi connectivity index (χ4n) is 3.86. The van der Waals surface area contributed by atoms with Gasteiger partial charge in [-0.05, 0) is 61.6 Å². The van der Waals surface area contributed by atoms with Gasteiger partial charge in [-0.3, -0.25) is 4.79 Å². The van der Waals surface area contributed by atoms with Crippen molar-refractivity contribution in [2.24, 2.45) is 0 Å². The SMILES string of the molecule is CC(=O)O[C@@H]1C=C[C@H](O)C1.CC(C)(C)[Si](C)(C)O[C@H]1C=C[C@@H](O)C1.CC(C)(C)[Si](C)(C)O[C@H]1CC[C@@H](O)C1. The summed E-state index contributed by atoms with van der Waals surface area (Å²) in [5, 5.41) is 28.2. The van der Waals surface area contributed by atoms with E-state index in [1.807, 2.05) is 12.2 Å². The van der Waals surface area contributed by atoms with Gasteiger partial charge in [0.25, 0.3) is 0 Å². The molecule has 0 aromatic carbocycles. The molecule has 3 aliphatic rings. The lowest BCUT2D eigenvalue weighted by Gasteiger charge is -2.38. The highest BCUT2D eigenvalue weighted by Gasteiger charge is 2.41. The van der Waals surface area contributed by atoms with Crippen molar-refractivity contribution >= 4 is 22.6 Å². The van der Waals surface area contributed by atoms with Gasteiger partial charge in [0.15, 0.2) is 16.6 Å². The van der Waals surface area contributed by atoms with Crippen molar-refractivity contribution in [2.75, 3.05) is 0 Å². The molecule has 0 bridgehead atoms. The summed E-state index contributed by atoms with van der Waals surface area (Å²) in [5.74, 6) is -0.302. The summed E-state index contributed by atoms with van der Waals surface area (Å²) < 4.78 is 17.1. The van der Waals surface area contributed by atoms with Crippen LogP contribution in [0.4, 0.5) is 0 Å². The number of rotatable bonds is 5. The summed E-state index contributed by atoms with van der Waals surface area (Å²) in [5.41, 5.74) is 0. The Kier molecular flexibility index (Phi) is 13.1. The minimum atomic E-state index is -1.66. The van der Waals surface area contributed by atoms with Gasteiger partial charge in [0, 0.05) is 25.9 Å². The second kappa shape index (κ2) is 14.2. The molecule has 0 heterocycles. The van der Waals surface area contributed by atoms with Crippen LogP contribution in [0.2, 0.25) is 36.3 Å². The average Bonchev–Trinajstić information content (AvgIpc) is 3.42. The van der Waals surface area contributed by atoms with Gasteiger partial charge < -0.3 is 28.9 Å². The van der Waals surface area contributed by atoms with E-state index in [-0.39, 0.29) is 40.5 Å². The predicted molar refractivity (Wildman–Crippen MR) is 159 cm³/mol. The third kappa shape index (κ3) is 12.1. The molecule has 222 valence electrons. The fraction of sp³-hybridized carbons (Fsp3) is 0.828. The van der Waals surface area contributed by atoms with Gasteiger partial charge in [-0.15, -0.1) is 0 Å². The molecule has 9 heteroatoms. The quantitative estimate of drug-likeness (QED) is 0.215. The van der Waals surface area contributed by atoms with E-state index in [0.29, 0.717) is 12.5 Å². The summed E-state index contributed by atoms with van der Waals surface area (Å²) >= 11 is 0. The van der Waals surface area contributed by atoms with Crippen LogP contribution in [0.15, 0.2) is 24.3 Å². The zero-order valence-electron chi connectivity index (χ0n) is 25.8. The molecule has 3 rings (SSSR count). The van der Waals surface area contributed by atoms with Crippen LogP contribution in [-0.2, 0) is 18.4 Å². The lowest BCUT2D eigenvalue weighted by atomic mass is 10.2. The molecule has 0 unspecified atom stereocenters. The van der Waals surface area contributed by atoms with Crippen LogP contribution in [-0.4, -0.2) is 74.5 Å². The van der Waals surface area contributed by atoms with Gasteiger partial charge in [0.2, 0.25) is 0 Å². The van der Waals surface area contributed by atoms with E-state index in [2.05, 4.69) is 67.7 Å². The first-order valence-corrected chi connectivity index (χ1v) is 19.9. The fourth-order valence-corrected chi connectivity index (χ4v) is 6.54. The number of ether oxygens (including phenoxy) is 1. The Morgan fingerprint density at radius 3 is 1.50 bits per heavy atom. The van der Waals surface area contributed by atoms with E-state index in [1.165, 1.54) is 6.92 Å². The second-order valence-corrected chi connectivity index (χ2v) is 23.4. The normalized spacial score (nSPS) is 29.4. The minimum Gasteiger partial charge on any atom is -0.458 e. The topological polar surface area (TPSA) is 105 Å². The smallest absolute Gasteiger partial charge is 0.303 e. The molecule has 38 heavy (non-hydrogen) atoms. The predicted octanol–water partition coefficient (Wildman–Crippen LogP) is 5.86. The maximum absolute atomic E-state index is 10.4. The van der Waals surface area contributed by atoms with Crippen molar-refractivity contribution in [3.05, 3.63) is 24.3 Å². The summed E-state index contributed by atoms with van der Waals surface area (Å²) in [4.78, 5) is 10.4. The van der Waals surface area contributed by atoms with Gasteiger partial charge in [-0.25, -0.2) is 0 Å². The van der Waals surface area contributed by atoms with Crippen molar-refractivity contribution in [3.8, 4) is 0 Å². The van der Waals surface area contributed by atoms with Crippen LogP contribution in [0.3, 0.4) is 0 Å². The van der Waals surface area contributed by atoms with Gasteiger partial charge >= 0.3 is 5.97 Å². The number of carbonyl (C=O) groups is 1. The summed E-state index contributed by atoms with van der Waals surface area (Å²) in [6, 6.07) is 0. The van der Waals surface area contributed by atoms with E-state index >= 15 is 0 Å². The zero-order chi connectivity index (χ0) is 29.5. The Balaban J connectivity index is 0.000000290. The van der Waals surface area contributed by atoms with Gasteiger partial charge in [-0.1, -0.05) is 59.8 Å². The maximum Gasteiger partial charge on any atom is 0.303 e. The van der Waals surface area contributed by atoms with Crippen LogP contribution in [0.1, 0.15) is 80.6 Å². The molecule has 1 saturated carbocycles. The van der Waals surface area contributed by atoms with Crippen LogP contribution in [0, 0.1) is 0 Å². The minimum absolute atomic E-state index is 0.121. The molecule has 1 fully saturated rings. The highest BCUT2D eigenvalue weighted by Crippen LogP contribution is 2.40. The molecule has 0 spiro atoms. The van der Waals surface area contributed by atoms with Crippen molar-refractivity contribution in [1.29, 1.82) is 0 Å². The molecule has 0 amide bonds. The molecular weight excluding hydrogens is 516 g/mol. The number of aliphatic hydroxyl groups is 3. The Morgan fingerprint density at radius 2 is 1.16 bits per heavy atom. The first-order valence-electron chi connectivity index (χ1n) is 14.1. The highest BCUT2D eigenvalue weighted by atomic mass is 28.4. The first kappa shape index (κ1) is 35.2. The van der Waals surface area contributed by atoms with Gasteiger partial charge in [-0.2, -0.15) is 0 Å². The monoisotopic (exact) mass is 572 g/mol. The molecule has 3 N–H and O–H groups in total. The standard InChI is InChI=1S/C11H24O2Si.C11H22O2Si.C7H10O3/c2*1-11(2,3)14(4,5)13-10-7-6-9(12)8-10;1-5(8)10-7-3-2-6(9)4-7/h9-10,12H,6-8H2,1-5H3;6-7,9-10,12H,8H2,1-5H3;2-3,6-7,9H,4H2,1H3/t2*9-,10+;6-,7+/m110/s1. The zero-order valence-corrected chi connectivity index (χ0v) is 27.8. The Bertz CT molecular complexity index is 796. The van der Waals surface area contributed by atoms with Crippen LogP contribution >= 0.6 is 0 Å². The highest BCUT2D eigenvalue weighted by molar-refractivity contribution is 6.74. The van der Waals surface area contributed by atoms with Gasteiger partial charge in [0.1, 0.15) is 6.10 Å². The number of esters is 1. The molecular formula is C29H56O7Si2. The van der Waals surface area contributed by atoms with Crippen molar-refractivity contribution < 1.29 is 33.7 Å².